The predicted octanol–water partition coefficient (Wildman–Crippen LogP) is 3.76. The van der Waals surface area contributed by atoms with Crippen LogP contribution >= 0.6 is 11.6 Å². The summed E-state index contributed by atoms with van der Waals surface area (Å²) in [5.74, 6) is -0.0773. The molecule has 2 aromatic rings. The maximum absolute atomic E-state index is 12.3. The summed E-state index contributed by atoms with van der Waals surface area (Å²) >= 11 is 6.12. The first-order valence-electron chi connectivity index (χ1n) is 7.45. The number of rotatable bonds is 1. The molecule has 1 N–H and O–H groups in total. The summed E-state index contributed by atoms with van der Waals surface area (Å²) in [6, 6.07) is 12.0. The molecule has 0 saturated heterocycles. The third-order valence-electron chi connectivity index (χ3n) is 3.80. The van der Waals surface area contributed by atoms with Gasteiger partial charge in [-0.15, -0.1) is 0 Å². The average molecular weight is 342 g/mol. The van der Waals surface area contributed by atoms with Crippen LogP contribution in [0, 0.1) is 6.92 Å². The molecule has 0 radical (unpaired) electrons. The van der Waals surface area contributed by atoms with Crippen molar-refractivity contribution in [3.63, 3.8) is 0 Å². The first-order chi connectivity index (χ1) is 11.5. The zero-order valence-electron chi connectivity index (χ0n) is 13.3. The Bertz CT molecular complexity index is 861. The molecular weight excluding hydrogens is 326 g/mol. The number of fused-ring (bicyclic) bond motifs is 1. The first kappa shape index (κ1) is 16.2. The molecule has 2 aromatic carbocycles. The van der Waals surface area contributed by atoms with Crippen LogP contribution in [0.15, 0.2) is 47.5 Å². The van der Waals surface area contributed by atoms with Gasteiger partial charge in [0.2, 0.25) is 0 Å². The molecule has 3 rings (SSSR count). The van der Waals surface area contributed by atoms with Gasteiger partial charge >= 0.3 is 6.03 Å². The van der Waals surface area contributed by atoms with Crippen LogP contribution < -0.4 is 5.32 Å². The van der Waals surface area contributed by atoms with E-state index in [1.54, 1.807) is 37.4 Å². The molecule has 0 bridgehead atoms. The molecule has 0 fully saturated rings. The fraction of sp³-hybridized carbons (Fsp3) is 0.167. The average Bonchev–Trinajstić information content (AvgIpc) is 2.55. The van der Waals surface area contributed by atoms with Crippen LogP contribution in [-0.4, -0.2) is 36.1 Å². The normalized spacial score (nSPS) is 15.4. The Balaban J connectivity index is 1.89. The largest absolute Gasteiger partial charge is 0.345 e. The van der Waals surface area contributed by atoms with Gasteiger partial charge in [0.15, 0.2) is 0 Å². The van der Waals surface area contributed by atoms with Crippen molar-refractivity contribution in [2.75, 3.05) is 18.9 Å². The molecule has 1 heterocycles. The Morgan fingerprint density at radius 3 is 2.62 bits per heavy atom. The summed E-state index contributed by atoms with van der Waals surface area (Å²) in [5, 5.41) is 3.14. The zero-order chi connectivity index (χ0) is 17.3. The van der Waals surface area contributed by atoms with Gasteiger partial charge in [-0.25, -0.2) is 4.79 Å². The lowest BCUT2D eigenvalue weighted by molar-refractivity contribution is 0.0808. The fourth-order valence-corrected chi connectivity index (χ4v) is 2.87. The maximum atomic E-state index is 12.3. The van der Waals surface area contributed by atoms with E-state index in [1.165, 1.54) is 4.90 Å². The second-order valence-corrected chi connectivity index (χ2v) is 6.09. The highest BCUT2D eigenvalue weighted by Crippen LogP contribution is 2.23. The number of urea groups is 1. The molecule has 0 spiro atoms. The number of hydrogen-bond donors (Lipinski definition) is 1. The fourth-order valence-electron chi connectivity index (χ4n) is 2.59. The van der Waals surface area contributed by atoms with Crippen LogP contribution in [0.3, 0.4) is 0 Å². The summed E-state index contributed by atoms with van der Waals surface area (Å²) in [6.07, 6.45) is 0. The van der Waals surface area contributed by atoms with E-state index in [2.05, 4.69) is 10.3 Å². The number of nitrogens with one attached hydrogen (secondary N) is 1. The van der Waals surface area contributed by atoms with E-state index in [-0.39, 0.29) is 12.5 Å². The molecular formula is C18H16ClN3O2. The Morgan fingerprint density at radius 2 is 1.92 bits per heavy atom. The Morgan fingerprint density at radius 1 is 1.21 bits per heavy atom. The smallest absolute Gasteiger partial charge is 0.336 e. The van der Waals surface area contributed by atoms with E-state index >= 15 is 0 Å². The highest BCUT2D eigenvalue weighted by Gasteiger charge is 2.26. The summed E-state index contributed by atoms with van der Waals surface area (Å²) in [7, 11) is 1.68. The van der Waals surface area contributed by atoms with E-state index < -0.39 is 6.03 Å². The van der Waals surface area contributed by atoms with Crippen LogP contribution in [0.2, 0.25) is 5.02 Å². The van der Waals surface area contributed by atoms with Crippen LogP contribution in [-0.2, 0) is 0 Å². The molecule has 24 heavy (non-hydrogen) atoms. The molecule has 6 heteroatoms. The van der Waals surface area contributed by atoms with Gasteiger partial charge in [-0.3, -0.25) is 4.79 Å². The van der Waals surface area contributed by atoms with E-state index in [0.29, 0.717) is 27.5 Å². The van der Waals surface area contributed by atoms with E-state index in [4.69, 9.17) is 11.6 Å². The van der Waals surface area contributed by atoms with Gasteiger partial charge in [-0.2, -0.15) is 4.99 Å². The van der Waals surface area contributed by atoms with Gasteiger partial charge in [0, 0.05) is 18.2 Å². The second-order valence-electron chi connectivity index (χ2n) is 5.68. The lowest BCUT2D eigenvalue weighted by Crippen LogP contribution is -2.39. The zero-order valence-corrected chi connectivity index (χ0v) is 14.1. The standard InChI is InChI=1S/C18H16ClN3O2/c1-11-7-8-15(14(19)9-11)20-18(24)21-16-10-22(2)17(23)13-6-4-3-5-12(13)16/h3-9H,10H2,1-2H3,(H,20,24). The van der Waals surface area contributed by atoms with Crippen LogP contribution in [0.5, 0.6) is 0 Å². The lowest BCUT2D eigenvalue weighted by atomic mass is 9.98. The van der Waals surface area contributed by atoms with Crippen molar-refractivity contribution in [3.8, 4) is 0 Å². The van der Waals surface area contributed by atoms with Crippen molar-refractivity contribution in [1.29, 1.82) is 0 Å². The minimum atomic E-state index is -0.520. The topological polar surface area (TPSA) is 61.8 Å². The first-order valence-corrected chi connectivity index (χ1v) is 7.83. The minimum Gasteiger partial charge on any atom is -0.336 e. The quantitative estimate of drug-likeness (QED) is 0.858. The monoisotopic (exact) mass is 341 g/mol. The summed E-state index contributed by atoms with van der Waals surface area (Å²) in [6.45, 7) is 2.20. The van der Waals surface area contributed by atoms with Crippen molar-refractivity contribution in [3.05, 3.63) is 64.2 Å². The number of carbonyl (C=O) groups excluding carboxylic acids is 2. The molecule has 0 aromatic heterocycles. The third kappa shape index (κ3) is 3.16. The highest BCUT2D eigenvalue weighted by molar-refractivity contribution is 6.33. The van der Waals surface area contributed by atoms with Gasteiger partial charge in [0.1, 0.15) is 0 Å². The molecule has 0 saturated carbocycles. The summed E-state index contributed by atoms with van der Waals surface area (Å²) in [4.78, 5) is 30.1. The van der Waals surface area contributed by atoms with Crippen molar-refractivity contribution >= 4 is 34.9 Å². The summed E-state index contributed by atoms with van der Waals surface area (Å²) in [5.41, 5.74) is 3.29. The predicted molar refractivity (Wildman–Crippen MR) is 95.1 cm³/mol. The molecule has 1 aliphatic rings. The number of benzene rings is 2. The van der Waals surface area contributed by atoms with Crippen molar-refractivity contribution in [1.82, 2.24) is 4.90 Å². The van der Waals surface area contributed by atoms with E-state index in [9.17, 15) is 9.59 Å². The van der Waals surface area contributed by atoms with E-state index in [1.807, 2.05) is 19.1 Å². The Kier molecular flexibility index (Phi) is 4.36. The molecule has 0 atom stereocenters. The van der Waals surface area contributed by atoms with E-state index in [0.717, 1.165) is 5.56 Å². The number of aryl methyl sites for hydroxylation is 1. The van der Waals surface area contributed by atoms with Crippen LogP contribution in [0.25, 0.3) is 0 Å². The number of amides is 3. The van der Waals surface area contributed by atoms with Gasteiger partial charge in [-0.05, 0) is 30.7 Å². The van der Waals surface area contributed by atoms with Gasteiger partial charge in [0.25, 0.3) is 5.91 Å². The molecule has 122 valence electrons. The van der Waals surface area contributed by atoms with Gasteiger partial charge in [0.05, 0.1) is 23.0 Å². The van der Waals surface area contributed by atoms with Gasteiger partial charge in [-0.1, -0.05) is 35.9 Å². The number of carbonyl (C=O) groups is 2. The number of likely N-dealkylation sites (N-methyl/N-ethyl adjacent to an activating group) is 1. The molecule has 0 aliphatic carbocycles. The second kappa shape index (κ2) is 6.45. The van der Waals surface area contributed by atoms with Crippen molar-refractivity contribution in [2.45, 2.75) is 6.92 Å². The van der Waals surface area contributed by atoms with Crippen molar-refractivity contribution < 1.29 is 9.59 Å². The minimum absolute atomic E-state index is 0.0773. The SMILES string of the molecule is Cc1ccc(NC(=O)N=C2CN(C)C(=O)c3ccccc32)c(Cl)c1. The summed E-state index contributed by atoms with van der Waals surface area (Å²) < 4.78 is 0. The highest BCUT2D eigenvalue weighted by atomic mass is 35.5. The third-order valence-corrected chi connectivity index (χ3v) is 4.12. The number of anilines is 1. The number of aliphatic imine (C=N–C) groups is 1. The van der Waals surface area contributed by atoms with Crippen molar-refractivity contribution in [2.24, 2.45) is 4.99 Å². The molecule has 0 unspecified atom stereocenters. The van der Waals surface area contributed by atoms with Crippen LogP contribution in [0.4, 0.5) is 10.5 Å². The maximum Gasteiger partial charge on any atom is 0.345 e. The lowest BCUT2D eigenvalue weighted by Gasteiger charge is -2.25. The number of nitrogens with zero attached hydrogens (tertiary/aromatic N) is 2. The molecule has 3 amide bonds. The molecule has 5 nitrogen and oxygen atoms in total. The Labute approximate surface area is 145 Å². The van der Waals surface area contributed by atoms with Crippen LogP contribution in [0.1, 0.15) is 21.5 Å². The number of halogens is 1. The number of hydrogen-bond acceptors (Lipinski definition) is 2. The van der Waals surface area contributed by atoms with Gasteiger partial charge < -0.3 is 10.2 Å². The Hall–Kier alpha value is -2.66. The molecule has 1 aliphatic heterocycles.